The van der Waals surface area contributed by atoms with Crippen LogP contribution >= 0.6 is 0 Å². The average molecular weight is 291 g/mol. The van der Waals surface area contributed by atoms with Gasteiger partial charge in [-0.15, -0.1) is 0 Å². The number of benzene rings is 2. The molecule has 1 aliphatic rings. The average Bonchev–Trinajstić information content (AvgIpc) is 2.96. The lowest BCUT2D eigenvalue weighted by Crippen LogP contribution is -2.36. The van der Waals surface area contributed by atoms with E-state index >= 15 is 0 Å². The Hall–Kier alpha value is -2.62. The van der Waals surface area contributed by atoms with Gasteiger partial charge in [0.1, 0.15) is 0 Å². The number of carbonyl (C=O) groups is 1. The van der Waals surface area contributed by atoms with Gasteiger partial charge in [-0.05, 0) is 36.6 Å². The van der Waals surface area contributed by atoms with Crippen molar-refractivity contribution in [2.45, 2.75) is 19.9 Å². The van der Waals surface area contributed by atoms with Crippen molar-refractivity contribution in [2.75, 3.05) is 6.54 Å². The monoisotopic (exact) mass is 291 g/mol. The lowest BCUT2D eigenvalue weighted by Gasteiger charge is -2.28. The largest absolute Gasteiger partial charge is 0.333 e. The van der Waals surface area contributed by atoms with Crippen LogP contribution in [0, 0.1) is 6.92 Å². The van der Waals surface area contributed by atoms with Crippen molar-refractivity contribution in [3.63, 3.8) is 0 Å². The number of aryl methyl sites for hydroxylation is 1. The van der Waals surface area contributed by atoms with Crippen molar-refractivity contribution < 1.29 is 4.79 Å². The van der Waals surface area contributed by atoms with Crippen LogP contribution in [-0.2, 0) is 13.0 Å². The molecule has 1 amide bonds. The molecule has 0 unspecified atom stereocenters. The van der Waals surface area contributed by atoms with Gasteiger partial charge in [-0.2, -0.15) is 5.10 Å². The van der Waals surface area contributed by atoms with E-state index in [1.807, 2.05) is 36.1 Å². The lowest BCUT2D eigenvalue weighted by molar-refractivity contribution is 0.0730. The third-order valence-corrected chi connectivity index (χ3v) is 4.34. The van der Waals surface area contributed by atoms with Gasteiger partial charge < -0.3 is 4.90 Å². The first-order valence-corrected chi connectivity index (χ1v) is 7.53. The minimum absolute atomic E-state index is 0.00588. The summed E-state index contributed by atoms with van der Waals surface area (Å²) in [5.74, 6) is 0.00588. The summed E-state index contributed by atoms with van der Waals surface area (Å²) in [6, 6.07) is 14.3. The molecular weight excluding hydrogens is 274 g/mol. The molecule has 0 fully saturated rings. The number of nitrogens with zero attached hydrogens (tertiary/aromatic N) is 2. The van der Waals surface area contributed by atoms with E-state index in [0.717, 1.165) is 29.4 Å². The number of aromatic amines is 1. The quantitative estimate of drug-likeness (QED) is 0.749. The van der Waals surface area contributed by atoms with E-state index in [0.29, 0.717) is 12.2 Å². The van der Waals surface area contributed by atoms with Crippen molar-refractivity contribution in [3.8, 4) is 0 Å². The van der Waals surface area contributed by atoms with Crippen LogP contribution in [-0.4, -0.2) is 27.5 Å². The summed E-state index contributed by atoms with van der Waals surface area (Å²) < 4.78 is 0. The van der Waals surface area contributed by atoms with E-state index in [1.165, 1.54) is 11.1 Å². The molecule has 3 aromatic rings. The summed E-state index contributed by atoms with van der Waals surface area (Å²) in [6.07, 6.45) is 0.906. The van der Waals surface area contributed by atoms with Gasteiger partial charge in [-0.25, -0.2) is 0 Å². The second-order valence-electron chi connectivity index (χ2n) is 5.87. The summed E-state index contributed by atoms with van der Waals surface area (Å²) in [5.41, 5.74) is 5.14. The van der Waals surface area contributed by atoms with Crippen molar-refractivity contribution >= 4 is 16.8 Å². The molecule has 4 nitrogen and oxygen atoms in total. The van der Waals surface area contributed by atoms with Crippen LogP contribution in [0.2, 0.25) is 0 Å². The summed E-state index contributed by atoms with van der Waals surface area (Å²) in [6.45, 7) is 3.43. The van der Waals surface area contributed by atoms with Crippen LogP contribution in [0.25, 0.3) is 10.9 Å². The Kier molecular flexibility index (Phi) is 2.96. The Balaban J connectivity index is 1.68. The molecule has 1 aromatic heterocycles. The Morgan fingerprint density at radius 3 is 2.86 bits per heavy atom. The van der Waals surface area contributed by atoms with Crippen molar-refractivity contribution in [1.82, 2.24) is 15.1 Å². The fraction of sp³-hybridized carbons (Fsp3) is 0.222. The van der Waals surface area contributed by atoms with Gasteiger partial charge in [-0.1, -0.05) is 35.9 Å². The van der Waals surface area contributed by atoms with Gasteiger partial charge in [0.25, 0.3) is 5.91 Å². The maximum absolute atomic E-state index is 12.8. The maximum atomic E-state index is 12.8. The molecule has 0 radical (unpaired) electrons. The van der Waals surface area contributed by atoms with Gasteiger partial charge in [0.05, 0.1) is 5.52 Å². The van der Waals surface area contributed by atoms with Crippen molar-refractivity contribution in [3.05, 3.63) is 64.8 Å². The molecule has 4 rings (SSSR count). The van der Waals surface area contributed by atoms with Gasteiger partial charge in [0, 0.05) is 18.5 Å². The highest BCUT2D eigenvalue weighted by atomic mass is 16.2. The van der Waals surface area contributed by atoms with Crippen LogP contribution in [0.5, 0.6) is 0 Å². The van der Waals surface area contributed by atoms with E-state index in [-0.39, 0.29) is 5.91 Å². The van der Waals surface area contributed by atoms with E-state index in [2.05, 4.69) is 28.4 Å². The van der Waals surface area contributed by atoms with Gasteiger partial charge >= 0.3 is 0 Å². The van der Waals surface area contributed by atoms with Crippen molar-refractivity contribution in [2.24, 2.45) is 0 Å². The second-order valence-corrected chi connectivity index (χ2v) is 5.87. The highest BCUT2D eigenvalue weighted by molar-refractivity contribution is 6.04. The van der Waals surface area contributed by atoms with Crippen LogP contribution in [0.15, 0.2) is 42.5 Å². The highest BCUT2D eigenvalue weighted by Crippen LogP contribution is 2.23. The van der Waals surface area contributed by atoms with Gasteiger partial charge in [0.15, 0.2) is 5.69 Å². The molecule has 0 saturated carbocycles. The maximum Gasteiger partial charge on any atom is 0.275 e. The van der Waals surface area contributed by atoms with Crippen LogP contribution in [0.1, 0.15) is 27.2 Å². The number of rotatable bonds is 1. The SMILES string of the molecule is Cc1ccc2[nH]nc(C(=O)N3CCc4ccccc4C3)c2c1. The molecule has 110 valence electrons. The predicted octanol–water partition coefficient (Wildman–Crippen LogP) is 3.07. The first-order chi connectivity index (χ1) is 10.7. The molecule has 2 aromatic carbocycles. The summed E-state index contributed by atoms with van der Waals surface area (Å²) in [7, 11) is 0. The number of amides is 1. The zero-order valence-electron chi connectivity index (χ0n) is 12.5. The number of H-pyrrole nitrogens is 1. The minimum atomic E-state index is 0.00588. The topological polar surface area (TPSA) is 49.0 Å². The van der Waals surface area contributed by atoms with Gasteiger partial charge in [0.2, 0.25) is 0 Å². The fourth-order valence-corrected chi connectivity index (χ4v) is 3.11. The number of carbonyl (C=O) groups excluding carboxylic acids is 1. The highest BCUT2D eigenvalue weighted by Gasteiger charge is 2.24. The smallest absolute Gasteiger partial charge is 0.275 e. The molecule has 0 atom stereocenters. The van der Waals surface area contributed by atoms with E-state index < -0.39 is 0 Å². The molecule has 0 bridgehead atoms. The molecule has 2 heterocycles. The molecule has 0 spiro atoms. The molecule has 22 heavy (non-hydrogen) atoms. The van der Waals surface area contributed by atoms with Crippen LogP contribution in [0.4, 0.5) is 0 Å². The Bertz CT molecular complexity index is 866. The van der Waals surface area contributed by atoms with Crippen LogP contribution in [0.3, 0.4) is 0 Å². The number of aromatic nitrogens is 2. The normalized spacial score (nSPS) is 14.1. The zero-order valence-corrected chi connectivity index (χ0v) is 12.5. The number of fused-ring (bicyclic) bond motifs is 2. The van der Waals surface area contributed by atoms with Gasteiger partial charge in [-0.3, -0.25) is 9.89 Å². The lowest BCUT2D eigenvalue weighted by atomic mass is 9.99. The third-order valence-electron chi connectivity index (χ3n) is 4.34. The second kappa shape index (κ2) is 4.98. The molecule has 1 N–H and O–H groups in total. The molecule has 4 heteroatoms. The zero-order chi connectivity index (χ0) is 15.1. The number of hydrogen-bond donors (Lipinski definition) is 1. The molecule has 1 aliphatic heterocycles. The molecule has 0 aliphatic carbocycles. The fourth-order valence-electron chi connectivity index (χ4n) is 3.11. The number of nitrogens with one attached hydrogen (secondary N) is 1. The summed E-state index contributed by atoms with van der Waals surface area (Å²) in [4.78, 5) is 14.7. The molecular formula is C18H17N3O. The minimum Gasteiger partial charge on any atom is -0.333 e. The first kappa shape index (κ1) is 13.1. The Labute approximate surface area is 128 Å². The standard InChI is InChI=1S/C18H17N3O/c1-12-6-7-16-15(10-12)17(20-19-16)18(22)21-9-8-13-4-2-3-5-14(13)11-21/h2-7,10H,8-9,11H2,1H3,(H,19,20). The van der Waals surface area contributed by atoms with E-state index in [4.69, 9.17) is 0 Å². The summed E-state index contributed by atoms with van der Waals surface area (Å²) >= 11 is 0. The summed E-state index contributed by atoms with van der Waals surface area (Å²) in [5, 5.41) is 8.11. The van der Waals surface area contributed by atoms with E-state index in [9.17, 15) is 4.79 Å². The van der Waals surface area contributed by atoms with Crippen LogP contribution < -0.4 is 0 Å². The first-order valence-electron chi connectivity index (χ1n) is 7.53. The van der Waals surface area contributed by atoms with E-state index in [1.54, 1.807) is 0 Å². The van der Waals surface area contributed by atoms with Crippen molar-refractivity contribution in [1.29, 1.82) is 0 Å². The molecule has 0 saturated heterocycles. The third kappa shape index (κ3) is 2.08. The Morgan fingerprint density at radius 1 is 1.18 bits per heavy atom. The Morgan fingerprint density at radius 2 is 2.00 bits per heavy atom. The number of hydrogen-bond acceptors (Lipinski definition) is 2. The predicted molar refractivity (Wildman–Crippen MR) is 85.7 cm³/mol.